The van der Waals surface area contributed by atoms with E-state index in [1.165, 1.54) is 4.57 Å². The summed E-state index contributed by atoms with van der Waals surface area (Å²) in [5, 5.41) is 0.500. The number of nitrogens with zero attached hydrogens (tertiary/aromatic N) is 3. The highest BCUT2D eigenvalue weighted by Crippen LogP contribution is 2.18. The number of fused-ring (bicyclic) bond motifs is 1. The van der Waals surface area contributed by atoms with Crippen LogP contribution in [0.2, 0.25) is 0 Å². The number of nitrogen functional groups attached to an aromatic ring is 1. The minimum Gasteiger partial charge on any atom is -0.383 e. The van der Waals surface area contributed by atoms with E-state index >= 15 is 0 Å². The molecule has 0 fully saturated rings. The summed E-state index contributed by atoms with van der Waals surface area (Å²) in [6, 6.07) is 7.05. The van der Waals surface area contributed by atoms with Crippen molar-refractivity contribution >= 4 is 22.4 Å². The maximum absolute atomic E-state index is 12.5. The number of aromatic nitrogens is 4. The van der Waals surface area contributed by atoms with Crippen molar-refractivity contribution in [2.45, 2.75) is 39.8 Å². The van der Waals surface area contributed by atoms with Crippen molar-refractivity contribution in [2.24, 2.45) is 0 Å². The van der Waals surface area contributed by atoms with Crippen molar-refractivity contribution < 1.29 is 0 Å². The second-order valence-corrected chi connectivity index (χ2v) is 6.54. The Kier molecular flexibility index (Phi) is 5.62. The standard InChI is InChI=1S/C19H24N6O3/c1-3-5-10-25-16(20)15(18(27)23-19(25)28)24(4-2)11-14-21-13-9-7-6-8-12(13)17(26)22-14/h6-9H,3-5,10-11,20H2,1-2H3,(H,21,22,26)(H,23,27,28). The second-order valence-electron chi connectivity index (χ2n) is 6.54. The Bertz CT molecular complexity index is 1160. The van der Waals surface area contributed by atoms with Crippen molar-refractivity contribution in [1.82, 2.24) is 19.5 Å². The van der Waals surface area contributed by atoms with E-state index in [4.69, 9.17) is 5.73 Å². The fourth-order valence-electron chi connectivity index (χ4n) is 3.16. The first-order valence-corrected chi connectivity index (χ1v) is 9.31. The van der Waals surface area contributed by atoms with Crippen LogP contribution in [-0.4, -0.2) is 26.1 Å². The number of H-pyrrole nitrogens is 2. The highest BCUT2D eigenvalue weighted by atomic mass is 16.2. The number of para-hydroxylation sites is 1. The average Bonchev–Trinajstić information content (AvgIpc) is 2.67. The zero-order valence-corrected chi connectivity index (χ0v) is 16.0. The minimum absolute atomic E-state index is 0.118. The van der Waals surface area contributed by atoms with E-state index in [1.54, 1.807) is 23.1 Å². The second kappa shape index (κ2) is 8.12. The maximum Gasteiger partial charge on any atom is 0.330 e. The van der Waals surface area contributed by atoms with Gasteiger partial charge in [-0.3, -0.25) is 19.1 Å². The van der Waals surface area contributed by atoms with Gasteiger partial charge >= 0.3 is 5.69 Å². The van der Waals surface area contributed by atoms with Gasteiger partial charge in [0.25, 0.3) is 11.1 Å². The van der Waals surface area contributed by atoms with Gasteiger partial charge in [0, 0.05) is 13.1 Å². The van der Waals surface area contributed by atoms with Gasteiger partial charge in [-0.2, -0.15) is 0 Å². The molecule has 9 nitrogen and oxygen atoms in total. The van der Waals surface area contributed by atoms with Crippen LogP contribution in [0.4, 0.5) is 11.5 Å². The van der Waals surface area contributed by atoms with E-state index in [2.05, 4.69) is 15.0 Å². The summed E-state index contributed by atoms with van der Waals surface area (Å²) < 4.78 is 1.37. The van der Waals surface area contributed by atoms with Crippen LogP contribution in [0.3, 0.4) is 0 Å². The number of unbranched alkanes of at least 4 members (excludes halogenated alkanes) is 1. The third-order valence-corrected chi connectivity index (χ3v) is 4.65. The number of rotatable bonds is 7. The SMILES string of the molecule is CCCCn1c(N)c(N(CC)Cc2nc3ccccc3c(=O)[nH]2)c(=O)[nH]c1=O. The lowest BCUT2D eigenvalue weighted by Crippen LogP contribution is -2.38. The van der Waals surface area contributed by atoms with Crippen LogP contribution < -0.4 is 27.4 Å². The predicted octanol–water partition coefficient (Wildman–Crippen LogP) is 1.18. The van der Waals surface area contributed by atoms with Gasteiger partial charge in [-0.05, 0) is 25.5 Å². The van der Waals surface area contributed by atoms with Crippen molar-refractivity contribution in [3.8, 4) is 0 Å². The van der Waals surface area contributed by atoms with Gasteiger partial charge in [0.2, 0.25) is 0 Å². The van der Waals surface area contributed by atoms with Crippen LogP contribution in [0.5, 0.6) is 0 Å². The van der Waals surface area contributed by atoms with Gasteiger partial charge in [0.05, 0.1) is 17.4 Å². The normalized spacial score (nSPS) is 11.1. The van der Waals surface area contributed by atoms with Crippen LogP contribution in [-0.2, 0) is 13.1 Å². The number of nitrogens with two attached hydrogens (primary N) is 1. The number of hydrogen-bond acceptors (Lipinski definition) is 6. The molecule has 0 aliphatic rings. The highest BCUT2D eigenvalue weighted by Gasteiger charge is 2.19. The van der Waals surface area contributed by atoms with E-state index in [0.29, 0.717) is 29.8 Å². The molecule has 0 saturated carbocycles. The lowest BCUT2D eigenvalue weighted by molar-refractivity contribution is 0.602. The molecule has 28 heavy (non-hydrogen) atoms. The molecule has 0 saturated heterocycles. The summed E-state index contributed by atoms with van der Waals surface area (Å²) in [7, 11) is 0. The molecule has 0 bridgehead atoms. The van der Waals surface area contributed by atoms with Gasteiger partial charge in [0.15, 0.2) is 0 Å². The van der Waals surface area contributed by atoms with E-state index in [-0.39, 0.29) is 23.6 Å². The number of aromatic amines is 2. The number of hydrogen-bond donors (Lipinski definition) is 3. The summed E-state index contributed by atoms with van der Waals surface area (Å²) in [6.45, 7) is 4.91. The van der Waals surface area contributed by atoms with E-state index in [9.17, 15) is 14.4 Å². The minimum atomic E-state index is -0.555. The van der Waals surface area contributed by atoms with Gasteiger partial charge in [-0.1, -0.05) is 25.5 Å². The molecule has 0 aliphatic carbocycles. The first kappa shape index (κ1) is 19.4. The summed E-state index contributed by atoms with van der Waals surface area (Å²) in [4.78, 5) is 48.2. The van der Waals surface area contributed by atoms with Crippen molar-refractivity contribution in [2.75, 3.05) is 17.2 Å². The van der Waals surface area contributed by atoms with Crippen molar-refractivity contribution in [1.29, 1.82) is 0 Å². The van der Waals surface area contributed by atoms with Crippen LogP contribution >= 0.6 is 0 Å². The highest BCUT2D eigenvalue weighted by molar-refractivity contribution is 5.77. The summed E-state index contributed by atoms with van der Waals surface area (Å²) in [6.07, 6.45) is 1.65. The molecule has 0 radical (unpaired) electrons. The summed E-state index contributed by atoms with van der Waals surface area (Å²) in [5.41, 5.74) is 5.64. The third kappa shape index (κ3) is 3.68. The molecule has 0 atom stereocenters. The molecule has 2 aromatic heterocycles. The lowest BCUT2D eigenvalue weighted by Gasteiger charge is -2.24. The van der Waals surface area contributed by atoms with Crippen LogP contribution in [0.15, 0.2) is 38.6 Å². The monoisotopic (exact) mass is 384 g/mol. The topological polar surface area (TPSA) is 130 Å². The fourth-order valence-corrected chi connectivity index (χ4v) is 3.16. The zero-order chi connectivity index (χ0) is 20.3. The largest absolute Gasteiger partial charge is 0.383 e. The Morgan fingerprint density at radius 2 is 1.86 bits per heavy atom. The molecule has 0 spiro atoms. The quantitative estimate of drug-likeness (QED) is 0.561. The third-order valence-electron chi connectivity index (χ3n) is 4.65. The smallest absolute Gasteiger partial charge is 0.330 e. The van der Waals surface area contributed by atoms with E-state index in [0.717, 1.165) is 12.8 Å². The molecule has 9 heteroatoms. The molecule has 3 rings (SSSR count). The van der Waals surface area contributed by atoms with Crippen LogP contribution in [0.1, 0.15) is 32.5 Å². The van der Waals surface area contributed by atoms with Gasteiger partial charge in [-0.15, -0.1) is 0 Å². The molecule has 0 amide bonds. The van der Waals surface area contributed by atoms with E-state index in [1.807, 2.05) is 19.9 Å². The molecule has 4 N–H and O–H groups in total. The molecule has 148 valence electrons. The van der Waals surface area contributed by atoms with Crippen molar-refractivity contribution in [3.05, 3.63) is 61.3 Å². The Hall–Kier alpha value is -3.36. The molecular weight excluding hydrogens is 360 g/mol. The Morgan fingerprint density at radius 1 is 1.11 bits per heavy atom. The molecular formula is C19H24N6O3. The zero-order valence-electron chi connectivity index (χ0n) is 16.0. The fraction of sp³-hybridized carbons (Fsp3) is 0.368. The lowest BCUT2D eigenvalue weighted by atomic mass is 10.2. The van der Waals surface area contributed by atoms with Crippen molar-refractivity contribution in [3.63, 3.8) is 0 Å². The van der Waals surface area contributed by atoms with Gasteiger partial charge < -0.3 is 15.6 Å². The van der Waals surface area contributed by atoms with Gasteiger partial charge in [0.1, 0.15) is 17.3 Å². The molecule has 0 unspecified atom stereocenters. The molecule has 1 aromatic carbocycles. The molecule has 2 heterocycles. The Morgan fingerprint density at radius 3 is 2.57 bits per heavy atom. The first-order chi connectivity index (χ1) is 13.5. The van der Waals surface area contributed by atoms with Crippen LogP contribution in [0, 0.1) is 0 Å². The summed E-state index contributed by atoms with van der Waals surface area (Å²) >= 11 is 0. The molecule has 0 aliphatic heterocycles. The number of anilines is 2. The molecule has 3 aromatic rings. The van der Waals surface area contributed by atoms with E-state index < -0.39 is 11.2 Å². The first-order valence-electron chi connectivity index (χ1n) is 9.31. The number of nitrogens with one attached hydrogen (secondary N) is 2. The Labute approximate surface area is 160 Å². The predicted molar refractivity (Wildman–Crippen MR) is 110 cm³/mol. The maximum atomic E-state index is 12.5. The summed E-state index contributed by atoms with van der Waals surface area (Å²) in [5.74, 6) is 0.530. The van der Waals surface area contributed by atoms with Gasteiger partial charge in [-0.25, -0.2) is 9.78 Å². The Balaban J connectivity index is 2.04. The van der Waals surface area contributed by atoms with Crippen LogP contribution in [0.25, 0.3) is 10.9 Å². The average molecular weight is 384 g/mol. The number of benzene rings is 1.